The molecule has 0 aliphatic heterocycles. The summed E-state index contributed by atoms with van der Waals surface area (Å²) in [6.07, 6.45) is 4.64. The second kappa shape index (κ2) is 4.10. The monoisotopic (exact) mass is 238 g/mol. The number of aliphatic hydroxyl groups is 2. The van der Waals surface area contributed by atoms with E-state index in [1.165, 1.54) is 5.57 Å². The zero-order valence-electron chi connectivity index (χ0n) is 11.4. The van der Waals surface area contributed by atoms with Crippen LogP contribution in [0.5, 0.6) is 0 Å². The Morgan fingerprint density at radius 1 is 1.41 bits per heavy atom. The van der Waals surface area contributed by atoms with Gasteiger partial charge in [0.15, 0.2) is 0 Å². The summed E-state index contributed by atoms with van der Waals surface area (Å²) < 4.78 is 0. The lowest BCUT2D eigenvalue weighted by Crippen LogP contribution is -2.46. The maximum Gasteiger partial charge on any atom is 0.0620 e. The molecule has 0 radical (unpaired) electrons. The van der Waals surface area contributed by atoms with E-state index < -0.39 is 5.60 Å². The van der Waals surface area contributed by atoms with Gasteiger partial charge in [-0.1, -0.05) is 19.1 Å². The highest BCUT2D eigenvalue weighted by Gasteiger charge is 2.47. The topological polar surface area (TPSA) is 40.5 Å². The van der Waals surface area contributed by atoms with Crippen LogP contribution in [0.4, 0.5) is 0 Å². The summed E-state index contributed by atoms with van der Waals surface area (Å²) in [4.78, 5) is 0. The second-order valence-electron chi connectivity index (χ2n) is 7.05. The average Bonchev–Trinajstić information content (AvgIpc) is 2.13. The molecule has 2 fully saturated rings. The van der Waals surface area contributed by atoms with E-state index in [-0.39, 0.29) is 11.5 Å². The molecule has 0 spiro atoms. The molecule has 2 N–H and O–H groups in total. The van der Waals surface area contributed by atoms with E-state index in [9.17, 15) is 10.2 Å². The Hall–Kier alpha value is -0.340. The summed E-state index contributed by atoms with van der Waals surface area (Å²) >= 11 is 0. The fourth-order valence-corrected chi connectivity index (χ4v) is 3.97. The smallest absolute Gasteiger partial charge is 0.0620 e. The quantitative estimate of drug-likeness (QED) is 0.690. The number of rotatable bonds is 1. The molecule has 2 saturated carbocycles. The fourth-order valence-electron chi connectivity index (χ4n) is 3.97. The molecule has 17 heavy (non-hydrogen) atoms. The Kier molecular flexibility index (Phi) is 3.16. The lowest BCUT2D eigenvalue weighted by Gasteiger charge is -2.51. The van der Waals surface area contributed by atoms with E-state index in [1.54, 1.807) is 0 Å². The molecule has 2 heteroatoms. The van der Waals surface area contributed by atoms with E-state index in [0.29, 0.717) is 11.8 Å². The average molecular weight is 238 g/mol. The van der Waals surface area contributed by atoms with Gasteiger partial charge in [-0.25, -0.2) is 0 Å². The molecule has 2 rings (SSSR count). The van der Waals surface area contributed by atoms with Crippen LogP contribution in [0.1, 0.15) is 52.9 Å². The molecule has 0 saturated heterocycles. The van der Waals surface area contributed by atoms with Gasteiger partial charge in [-0.15, -0.1) is 0 Å². The van der Waals surface area contributed by atoms with Crippen molar-refractivity contribution in [1.82, 2.24) is 0 Å². The fraction of sp³-hybridized carbons (Fsp3) is 0.867. The molecule has 2 aliphatic rings. The molecule has 0 aromatic heterocycles. The first-order valence-corrected chi connectivity index (χ1v) is 6.80. The highest BCUT2D eigenvalue weighted by Crippen LogP contribution is 2.54. The summed E-state index contributed by atoms with van der Waals surface area (Å²) in [7, 11) is 0. The number of hydrogen-bond donors (Lipinski definition) is 2. The van der Waals surface area contributed by atoms with Crippen LogP contribution in [0.2, 0.25) is 0 Å². The highest BCUT2D eigenvalue weighted by molar-refractivity contribution is 5.15. The Balaban J connectivity index is 2.17. The van der Waals surface area contributed by atoms with Crippen molar-refractivity contribution >= 4 is 0 Å². The standard InChI is InChI=1S/C15H26O2/c1-10-7-12(16)9-15(4)6-5-11(8-13(10)15)14(2,3)17/h11-13,16-17H,1,5-9H2,2-4H3/t11-,12+,13+,15+/m0/s1. The van der Waals surface area contributed by atoms with E-state index in [0.717, 1.165) is 32.1 Å². The third-order valence-corrected chi connectivity index (χ3v) is 5.12. The van der Waals surface area contributed by atoms with Gasteiger partial charge in [-0.3, -0.25) is 0 Å². The van der Waals surface area contributed by atoms with Gasteiger partial charge < -0.3 is 10.2 Å². The van der Waals surface area contributed by atoms with Crippen LogP contribution in [-0.2, 0) is 0 Å². The van der Waals surface area contributed by atoms with Crippen LogP contribution in [0.15, 0.2) is 12.2 Å². The van der Waals surface area contributed by atoms with Crippen molar-refractivity contribution in [2.45, 2.75) is 64.6 Å². The SMILES string of the molecule is C=C1C[C@@H](O)C[C@@]2(C)CC[C@H](C(C)(C)O)C[C@H]12. The second-order valence-corrected chi connectivity index (χ2v) is 7.05. The van der Waals surface area contributed by atoms with Gasteiger partial charge in [0, 0.05) is 0 Å². The van der Waals surface area contributed by atoms with Crippen molar-refractivity contribution in [3.05, 3.63) is 12.2 Å². The van der Waals surface area contributed by atoms with Crippen LogP contribution >= 0.6 is 0 Å². The van der Waals surface area contributed by atoms with Gasteiger partial charge in [0.2, 0.25) is 0 Å². The van der Waals surface area contributed by atoms with Crippen LogP contribution in [-0.4, -0.2) is 21.9 Å². The molecule has 0 amide bonds. The van der Waals surface area contributed by atoms with E-state index in [2.05, 4.69) is 13.5 Å². The maximum absolute atomic E-state index is 10.2. The van der Waals surface area contributed by atoms with Crippen molar-refractivity contribution in [1.29, 1.82) is 0 Å². The Bertz CT molecular complexity index is 315. The summed E-state index contributed by atoms with van der Waals surface area (Å²) in [5, 5.41) is 20.1. The third-order valence-electron chi connectivity index (χ3n) is 5.12. The number of hydrogen-bond acceptors (Lipinski definition) is 2. The molecule has 98 valence electrons. The molecular formula is C15H26O2. The maximum atomic E-state index is 10.2. The number of fused-ring (bicyclic) bond motifs is 1. The van der Waals surface area contributed by atoms with Gasteiger partial charge in [-0.2, -0.15) is 0 Å². The van der Waals surface area contributed by atoms with Crippen molar-refractivity contribution in [2.24, 2.45) is 17.3 Å². The van der Waals surface area contributed by atoms with Crippen LogP contribution in [0.25, 0.3) is 0 Å². The van der Waals surface area contributed by atoms with Crippen molar-refractivity contribution < 1.29 is 10.2 Å². The molecule has 0 aromatic carbocycles. The summed E-state index contributed by atoms with van der Waals surface area (Å²) in [6.45, 7) is 10.3. The first-order valence-electron chi connectivity index (χ1n) is 6.80. The van der Waals surface area contributed by atoms with Crippen molar-refractivity contribution in [3.63, 3.8) is 0 Å². The minimum absolute atomic E-state index is 0.205. The normalized spacial score (nSPS) is 43.4. The third kappa shape index (κ3) is 2.43. The van der Waals surface area contributed by atoms with Gasteiger partial charge in [-0.05, 0) is 63.2 Å². The van der Waals surface area contributed by atoms with Crippen LogP contribution in [0.3, 0.4) is 0 Å². The minimum Gasteiger partial charge on any atom is -0.393 e. The molecule has 4 atom stereocenters. The van der Waals surface area contributed by atoms with E-state index >= 15 is 0 Å². The summed E-state index contributed by atoms with van der Waals surface area (Å²) in [5.41, 5.74) is 0.814. The Morgan fingerprint density at radius 3 is 2.65 bits per heavy atom. The van der Waals surface area contributed by atoms with E-state index in [4.69, 9.17) is 0 Å². The van der Waals surface area contributed by atoms with Crippen LogP contribution in [0, 0.1) is 17.3 Å². The Labute approximate surface area is 105 Å². The van der Waals surface area contributed by atoms with E-state index in [1.807, 2.05) is 13.8 Å². The lowest BCUT2D eigenvalue weighted by atomic mass is 9.55. The molecule has 2 nitrogen and oxygen atoms in total. The zero-order valence-corrected chi connectivity index (χ0v) is 11.4. The van der Waals surface area contributed by atoms with Gasteiger partial charge in [0.25, 0.3) is 0 Å². The highest BCUT2D eigenvalue weighted by atomic mass is 16.3. The molecular weight excluding hydrogens is 212 g/mol. The van der Waals surface area contributed by atoms with Crippen molar-refractivity contribution in [3.8, 4) is 0 Å². The number of aliphatic hydroxyl groups excluding tert-OH is 1. The molecule has 0 heterocycles. The van der Waals surface area contributed by atoms with Gasteiger partial charge >= 0.3 is 0 Å². The zero-order chi connectivity index (χ0) is 12.8. The lowest BCUT2D eigenvalue weighted by molar-refractivity contribution is -0.0565. The molecule has 0 bridgehead atoms. The van der Waals surface area contributed by atoms with Gasteiger partial charge in [0.05, 0.1) is 11.7 Å². The predicted octanol–water partition coefficient (Wildman–Crippen LogP) is 2.89. The molecule has 0 aromatic rings. The first-order chi connectivity index (χ1) is 7.72. The van der Waals surface area contributed by atoms with Crippen molar-refractivity contribution in [2.75, 3.05) is 0 Å². The molecule has 0 unspecified atom stereocenters. The molecule has 2 aliphatic carbocycles. The minimum atomic E-state index is -0.586. The van der Waals surface area contributed by atoms with Gasteiger partial charge in [0.1, 0.15) is 0 Å². The summed E-state index contributed by atoms with van der Waals surface area (Å²) in [5.74, 6) is 0.851. The summed E-state index contributed by atoms with van der Waals surface area (Å²) in [6, 6.07) is 0. The predicted molar refractivity (Wildman–Crippen MR) is 69.6 cm³/mol. The Morgan fingerprint density at radius 2 is 2.06 bits per heavy atom. The first kappa shape index (κ1) is 13.1. The largest absolute Gasteiger partial charge is 0.393 e. The van der Waals surface area contributed by atoms with Crippen LogP contribution < -0.4 is 0 Å².